The van der Waals surface area contributed by atoms with Gasteiger partial charge >= 0.3 is 6.18 Å². The molecule has 0 aliphatic carbocycles. The Morgan fingerprint density at radius 1 is 1.19 bits per heavy atom. The van der Waals surface area contributed by atoms with E-state index in [9.17, 15) is 22.8 Å². The second-order valence-electron chi connectivity index (χ2n) is 6.32. The van der Waals surface area contributed by atoms with Crippen molar-refractivity contribution in [2.45, 2.75) is 12.6 Å². The molecule has 1 aliphatic rings. The predicted molar refractivity (Wildman–Crippen MR) is 102 cm³/mol. The first-order chi connectivity index (χ1) is 12.5. The van der Waals surface area contributed by atoms with Gasteiger partial charge in [-0.3, -0.25) is 14.9 Å². The number of carbonyl (C=O) groups excluding carboxylic acids is 2. The van der Waals surface area contributed by atoms with Gasteiger partial charge in [0.05, 0.1) is 21.2 Å². The second kappa shape index (κ2) is 8.53. The average Bonchev–Trinajstić information content (AvgIpc) is 2.83. The van der Waals surface area contributed by atoms with Crippen molar-refractivity contribution in [2.24, 2.45) is 0 Å². The molecule has 1 heterocycles. The van der Waals surface area contributed by atoms with E-state index in [1.165, 1.54) is 6.08 Å². The van der Waals surface area contributed by atoms with Crippen molar-refractivity contribution < 1.29 is 22.8 Å². The zero-order valence-corrected chi connectivity index (χ0v) is 16.6. The molecule has 0 spiro atoms. The van der Waals surface area contributed by atoms with Gasteiger partial charge < -0.3 is 9.80 Å². The van der Waals surface area contributed by atoms with E-state index >= 15 is 0 Å². The van der Waals surface area contributed by atoms with Crippen molar-refractivity contribution in [2.75, 3.05) is 39.1 Å². The minimum absolute atomic E-state index is 0.0262. The molecule has 1 aromatic carbocycles. The third-order valence-corrected chi connectivity index (χ3v) is 4.93. The van der Waals surface area contributed by atoms with Gasteiger partial charge in [-0.05, 0) is 57.0 Å². The molecule has 1 fully saturated rings. The van der Waals surface area contributed by atoms with E-state index in [0.29, 0.717) is 24.0 Å². The highest BCUT2D eigenvalue weighted by Crippen LogP contribution is 2.39. The van der Waals surface area contributed by atoms with Gasteiger partial charge in [-0.15, -0.1) is 0 Å². The third-order valence-electron chi connectivity index (χ3n) is 3.83. The summed E-state index contributed by atoms with van der Waals surface area (Å²) in [6, 6.07) is 1.81. The summed E-state index contributed by atoms with van der Waals surface area (Å²) in [6.07, 6.45) is -2.55. The summed E-state index contributed by atoms with van der Waals surface area (Å²) in [5.41, 5.74) is -0.405. The summed E-state index contributed by atoms with van der Waals surface area (Å²) < 4.78 is 39.6. The van der Waals surface area contributed by atoms with Gasteiger partial charge in [0, 0.05) is 19.2 Å². The Kier molecular flexibility index (Phi) is 6.82. The summed E-state index contributed by atoms with van der Waals surface area (Å²) in [7, 11) is 5.57. The first kappa shape index (κ1) is 21.6. The SMILES string of the molecule is CN(C)CCCN(C)c1c(Cl)cc(C(F)(F)F)cc1/C=C1/SC(=O)NC1=O. The van der Waals surface area contributed by atoms with E-state index in [0.717, 1.165) is 25.1 Å². The predicted octanol–water partition coefficient (Wildman–Crippen LogP) is 4.07. The zero-order chi connectivity index (χ0) is 20.4. The van der Waals surface area contributed by atoms with Crippen LogP contribution in [0.25, 0.3) is 6.08 Å². The first-order valence-electron chi connectivity index (χ1n) is 8.00. The van der Waals surface area contributed by atoms with Crippen LogP contribution in [0.15, 0.2) is 17.0 Å². The van der Waals surface area contributed by atoms with Gasteiger partial charge in [0.2, 0.25) is 0 Å². The zero-order valence-electron chi connectivity index (χ0n) is 15.0. The van der Waals surface area contributed by atoms with Crippen molar-refractivity contribution >= 4 is 46.3 Å². The fraction of sp³-hybridized carbons (Fsp3) is 0.412. The molecule has 0 radical (unpaired) electrons. The Morgan fingerprint density at radius 3 is 2.37 bits per heavy atom. The molecule has 0 aromatic heterocycles. The summed E-state index contributed by atoms with van der Waals surface area (Å²) in [5.74, 6) is -0.639. The summed E-state index contributed by atoms with van der Waals surface area (Å²) in [4.78, 5) is 26.9. The summed E-state index contributed by atoms with van der Waals surface area (Å²) in [5, 5.41) is 1.45. The van der Waals surface area contributed by atoms with Crippen LogP contribution in [0.2, 0.25) is 5.02 Å². The van der Waals surface area contributed by atoms with Gasteiger partial charge in [-0.2, -0.15) is 13.2 Å². The maximum absolute atomic E-state index is 13.2. The topological polar surface area (TPSA) is 52.6 Å². The van der Waals surface area contributed by atoms with Crippen LogP contribution in [0.4, 0.5) is 23.7 Å². The van der Waals surface area contributed by atoms with Gasteiger partial charge in [-0.1, -0.05) is 11.6 Å². The van der Waals surface area contributed by atoms with E-state index in [-0.39, 0.29) is 15.5 Å². The smallest absolute Gasteiger partial charge is 0.373 e. The lowest BCUT2D eigenvalue weighted by atomic mass is 10.1. The Morgan fingerprint density at radius 2 is 1.85 bits per heavy atom. The molecule has 2 amide bonds. The normalized spacial score (nSPS) is 16.4. The number of imide groups is 1. The van der Waals surface area contributed by atoms with Crippen LogP contribution in [0.3, 0.4) is 0 Å². The molecule has 0 atom stereocenters. The third kappa shape index (κ3) is 5.63. The molecule has 0 bridgehead atoms. The standard InChI is InChI=1S/C17H19ClF3N3O2S/c1-23(2)5-4-6-24(3)14-10(8-13-15(25)22-16(26)27-13)7-11(9-12(14)18)17(19,20)21/h7-9H,4-6H2,1-3H3,(H,22,25,26)/b13-8+. The Balaban J connectivity index is 2.46. The highest BCUT2D eigenvalue weighted by molar-refractivity contribution is 8.18. The number of alkyl halides is 3. The van der Waals surface area contributed by atoms with Gasteiger partial charge in [-0.25, -0.2) is 0 Å². The number of thioether (sulfide) groups is 1. The largest absolute Gasteiger partial charge is 0.416 e. The fourth-order valence-corrected chi connectivity index (χ4v) is 3.64. The minimum atomic E-state index is -4.58. The maximum atomic E-state index is 13.2. The molecule has 1 aromatic rings. The number of nitrogens with one attached hydrogen (secondary N) is 1. The van der Waals surface area contributed by atoms with Crippen molar-refractivity contribution in [1.29, 1.82) is 0 Å². The maximum Gasteiger partial charge on any atom is 0.416 e. The van der Waals surface area contributed by atoms with Crippen molar-refractivity contribution in [3.05, 3.63) is 33.2 Å². The van der Waals surface area contributed by atoms with Crippen LogP contribution in [-0.2, 0) is 11.0 Å². The number of carbonyl (C=O) groups is 2. The highest BCUT2D eigenvalue weighted by Gasteiger charge is 2.33. The Bertz CT molecular complexity index is 781. The fourth-order valence-electron chi connectivity index (χ4n) is 2.59. The van der Waals surface area contributed by atoms with Crippen LogP contribution in [0.1, 0.15) is 17.5 Å². The summed E-state index contributed by atoms with van der Waals surface area (Å²) in [6.45, 7) is 1.35. The van der Waals surface area contributed by atoms with Gasteiger partial charge in [0.15, 0.2) is 0 Å². The molecular weight excluding hydrogens is 403 g/mol. The Labute approximate surface area is 164 Å². The van der Waals surface area contributed by atoms with E-state index in [1.54, 1.807) is 11.9 Å². The van der Waals surface area contributed by atoms with Crippen LogP contribution in [0, 0.1) is 0 Å². The number of halogens is 4. The molecule has 1 N–H and O–H groups in total. The highest BCUT2D eigenvalue weighted by atomic mass is 35.5. The second-order valence-corrected chi connectivity index (χ2v) is 7.75. The molecular formula is C17H19ClF3N3O2S. The molecule has 0 saturated carbocycles. The number of benzene rings is 1. The van der Waals surface area contributed by atoms with Crippen LogP contribution in [-0.4, -0.2) is 50.3 Å². The Hall–Kier alpha value is -1.71. The number of anilines is 1. The monoisotopic (exact) mass is 421 g/mol. The molecule has 1 saturated heterocycles. The molecule has 27 heavy (non-hydrogen) atoms. The van der Waals surface area contributed by atoms with Crippen LogP contribution < -0.4 is 10.2 Å². The molecule has 148 valence electrons. The summed E-state index contributed by atoms with van der Waals surface area (Å²) >= 11 is 6.81. The van der Waals surface area contributed by atoms with Crippen molar-refractivity contribution in [1.82, 2.24) is 10.2 Å². The van der Waals surface area contributed by atoms with Crippen LogP contribution >= 0.6 is 23.4 Å². The van der Waals surface area contributed by atoms with Gasteiger partial charge in [0.25, 0.3) is 11.1 Å². The number of amides is 2. The lowest BCUT2D eigenvalue weighted by molar-refractivity contribution is -0.137. The molecule has 10 heteroatoms. The molecule has 0 unspecified atom stereocenters. The number of hydrogen-bond donors (Lipinski definition) is 1. The first-order valence-corrected chi connectivity index (χ1v) is 9.20. The molecule has 1 aliphatic heterocycles. The number of rotatable bonds is 6. The minimum Gasteiger partial charge on any atom is -0.373 e. The van der Waals surface area contributed by atoms with E-state index < -0.39 is 22.9 Å². The lowest BCUT2D eigenvalue weighted by Crippen LogP contribution is -2.24. The number of hydrogen-bond acceptors (Lipinski definition) is 5. The van der Waals surface area contributed by atoms with E-state index in [4.69, 9.17) is 11.6 Å². The average molecular weight is 422 g/mol. The van der Waals surface area contributed by atoms with Gasteiger partial charge in [0.1, 0.15) is 0 Å². The number of nitrogens with zero attached hydrogens (tertiary/aromatic N) is 2. The van der Waals surface area contributed by atoms with Crippen LogP contribution in [0.5, 0.6) is 0 Å². The van der Waals surface area contributed by atoms with E-state index in [2.05, 4.69) is 5.32 Å². The lowest BCUT2D eigenvalue weighted by Gasteiger charge is -2.25. The van der Waals surface area contributed by atoms with Crippen molar-refractivity contribution in [3.8, 4) is 0 Å². The van der Waals surface area contributed by atoms with Crippen molar-refractivity contribution in [3.63, 3.8) is 0 Å². The molecule has 5 nitrogen and oxygen atoms in total. The van der Waals surface area contributed by atoms with E-state index in [1.807, 2.05) is 19.0 Å². The molecule has 2 rings (SSSR count). The quantitative estimate of drug-likeness (QED) is 0.702.